The lowest BCUT2D eigenvalue weighted by atomic mass is 9.92. The van der Waals surface area contributed by atoms with Crippen molar-refractivity contribution in [2.75, 3.05) is 25.4 Å². The molecule has 0 amide bonds. The lowest BCUT2D eigenvalue weighted by Crippen LogP contribution is -2.43. The largest absolute Gasteiger partial charge is 0.494 e. The Morgan fingerprint density at radius 2 is 2.00 bits per heavy atom. The number of hydrogen-bond acceptors (Lipinski definition) is 3. The molecule has 1 aliphatic rings. The minimum atomic E-state index is 0.713. The van der Waals surface area contributed by atoms with Gasteiger partial charge < -0.3 is 15.4 Å². The molecule has 2 atom stereocenters. The van der Waals surface area contributed by atoms with Gasteiger partial charge in [-0.3, -0.25) is 0 Å². The lowest BCUT2D eigenvalue weighted by Gasteiger charge is -2.37. The van der Waals surface area contributed by atoms with Gasteiger partial charge in [0.05, 0.1) is 6.61 Å². The number of anilines is 1. The molecule has 1 fully saturated rings. The topological polar surface area (TPSA) is 38.5 Å². The standard InChI is InChI=1S/C16H26N2O/c1-13-5-3-10-18(14(13)2)11-4-12-19-16-8-6-15(17)7-9-16/h6-9,13-14H,3-5,10-12,17H2,1-2H3. The van der Waals surface area contributed by atoms with Gasteiger partial charge in [0.15, 0.2) is 0 Å². The zero-order valence-electron chi connectivity index (χ0n) is 12.1. The molecule has 1 aromatic rings. The molecule has 0 aromatic heterocycles. The van der Waals surface area contributed by atoms with E-state index in [-0.39, 0.29) is 0 Å². The first-order valence-electron chi connectivity index (χ1n) is 7.39. The highest BCUT2D eigenvalue weighted by atomic mass is 16.5. The van der Waals surface area contributed by atoms with Crippen molar-refractivity contribution in [1.29, 1.82) is 0 Å². The third-order valence-electron chi connectivity index (χ3n) is 4.24. The fourth-order valence-corrected chi connectivity index (χ4v) is 2.76. The zero-order valence-corrected chi connectivity index (χ0v) is 12.1. The van der Waals surface area contributed by atoms with Gasteiger partial charge in [0, 0.05) is 18.3 Å². The Labute approximate surface area is 116 Å². The van der Waals surface area contributed by atoms with Crippen LogP contribution in [0.2, 0.25) is 0 Å². The van der Waals surface area contributed by atoms with Gasteiger partial charge in [0.2, 0.25) is 0 Å². The van der Waals surface area contributed by atoms with E-state index >= 15 is 0 Å². The number of rotatable bonds is 5. The Hall–Kier alpha value is -1.22. The summed E-state index contributed by atoms with van der Waals surface area (Å²) < 4.78 is 5.73. The second kappa shape index (κ2) is 6.80. The fourth-order valence-electron chi connectivity index (χ4n) is 2.76. The number of likely N-dealkylation sites (tertiary alicyclic amines) is 1. The average Bonchev–Trinajstić information content (AvgIpc) is 2.41. The summed E-state index contributed by atoms with van der Waals surface area (Å²) in [6, 6.07) is 8.33. The van der Waals surface area contributed by atoms with Crippen LogP contribution in [0.25, 0.3) is 0 Å². The van der Waals surface area contributed by atoms with Crippen molar-refractivity contribution >= 4 is 5.69 Å². The molecule has 3 heteroatoms. The molecule has 19 heavy (non-hydrogen) atoms. The molecule has 3 nitrogen and oxygen atoms in total. The number of piperidine rings is 1. The molecule has 0 spiro atoms. The van der Waals surface area contributed by atoms with Crippen LogP contribution in [0.3, 0.4) is 0 Å². The Balaban J connectivity index is 1.67. The maximum absolute atomic E-state index is 5.73. The van der Waals surface area contributed by atoms with Crippen molar-refractivity contribution < 1.29 is 4.74 Å². The molecule has 0 aliphatic carbocycles. The highest BCUT2D eigenvalue weighted by molar-refractivity contribution is 5.41. The van der Waals surface area contributed by atoms with Crippen LogP contribution in [0.4, 0.5) is 5.69 Å². The quantitative estimate of drug-likeness (QED) is 0.654. The summed E-state index contributed by atoms with van der Waals surface area (Å²) in [7, 11) is 0. The van der Waals surface area contributed by atoms with Crippen LogP contribution in [-0.2, 0) is 0 Å². The van der Waals surface area contributed by atoms with Crippen molar-refractivity contribution in [3.63, 3.8) is 0 Å². The predicted molar refractivity (Wildman–Crippen MR) is 80.4 cm³/mol. The molecule has 1 heterocycles. The second-order valence-electron chi connectivity index (χ2n) is 5.67. The van der Waals surface area contributed by atoms with Crippen molar-refractivity contribution in [3.05, 3.63) is 24.3 Å². The Kier molecular flexibility index (Phi) is 5.08. The molecule has 0 saturated carbocycles. The molecular weight excluding hydrogens is 236 g/mol. The highest BCUT2D eigenvalue weighted by Gasteiger charge is 2.23. The molecule has 2 unspecified atom stereocenters. The minimum absolute atomic E-state index is 0.713. The zero-order chi connectivity index (χ0) is 13.7. The van der Waals surface area contributed by atoms with E-state index in [1.54, 1.807) is 0 Å². The first-order chi connectivity index (χ1) is 9.16. The number of benzene rings is 1. The molecule has 1 saturated heterocycles. The summed E-state index contributed by atoms with van der Waals surface area (Å²) in [5, 5.41) is 0. The van der Waals surface area contributed by atoms with Gasteiger partial charge in [0.25, 0.3) is 0 Å². The van der Waals surface area contributed by atoms with Crippen molar-refractivity contribution in [1.82, 2.24) is 4.90 Å². The van der Waals surface area contributed by atoms with E-state index in [0.717, 1.165) is 36.9 Å². The van der Waals surface area contributed by atoms with E-state index in [2.05, 4.69) is 18.7 Å². The number of nitrogens with two attached hydrogens (primary N) is 1. The maximum Gasteiger partial charge on any atom is 0.119 e. The molecular formula is C16H26N2O. The summed E-state index contributed by atoms with van der Waals surface area (Å²) in [4.78, 5) is 2.60. The molecule has 0 radical (unpaired) electrons. The van der Waals surface area contributed by atoms with Crippen LogP contribution in [0.5, 0.6) is 5.75 Å². The van der Waals surface area contributed by atoms with Crippen LogP contribution in [0.1, 0.15) is 33.1 Å². The summed E-state index contributed by atoms with van der Waals surface area (Å²) >= 11 is 0. The van der Waals surface area contributed by atoms with Gasteiger partial charge in [-0.25, -0.2) is 0 Å². The van der Waals surface area contributed by atoms with Gasteiger partial charge in [-0.05, 0) is 62.9 Å². The van der Waals surface area contributed by atoms with E-state index in [1.165, 1.54) is 19.4 Å². The Bertz CT molecular complexity index is 377. The molecule has 2 N–H and O–H groups in total. The number of hydrogen-bond donors (Lipinski definition) is 1. The minimum Gasteiger partial charge on any atom is -0.494 e. The van der Waals surface area contributed by atoms with E-state index < -0.39 is 0 Å². The molecule has 2 rings (SSSR count). The van der Waals surface area contributed by atoms with Gasteiger partial charge in [0.1, 0.15) is 5.75 Å². The first-order valence-corrected chi connectivity index (χ1v) is 7.39. The number of nitrogen functional groups attached to an aromatic ring is 1. The number of ether oxygens (including phenoxy) is 1. The fraction of sp³-hybridized carbons (Fsp3) is 0.625. The monoisotopic (exact) mass is 262 g/mol. The normalized spacial score (nSPS) is 24.3. The van der Waals surface area contributed by atoms with Gasteiger partial charge in [-0.15, -0.1) is 0 Å². The van der Waals surface area contributed by atoms with Gasteiger partial charge >= 0.3 is 0 Å². The lowest BCUT2D eigenvalue weighted by molar-refractivity contribution is 0.106. The smallest absolute Gasteiger partial charge is 0.119 e. The Morgan fingerprint density at radius 3 is 2.74 bits per heavy atom. The van der Waals surface area contributed by atoms with Crippen LogP contribution in [0.15, 0.2) is 24.3 Å². The second-order valence-corrected chi connectivity index (χ2v) is 5.67. The van der Waals surface area contributed by atoms with Crippen LogP contribution >= 0.6 is 0 Å². The Morgan fingerprint density at radius 1 is 1.26 bits per heavy atom. The van der Waals surface area contributed by atoms with Crippen LogP contribution < -0.4 is 10.5 Å². The number of nitrogens with zero attached hydrogens (tertiary/aromatic N) is 1. The van der Waals surface area contributed by atoms with E-state index in [1.807, 2.05) is 24.3 Å². The molecule has 1 aromatic carbocycles. The summed E-state index contributed by atoms with van der Waals surface area (Å²) in [6.45, 7) is 7.88. The highest BCUT2D eigenvalue weighted by Crippen LogP contribution is 2.22. The molecule has 1 aliphatic heterocycles. The van der Waals surface area contributed by atoms with E-state index in [9.17, 15) is 0 Å². The summed E-state index contributed by atoms with van der Waals surface area (Å²) in [5.74, 6) is 1.74. The van der Waals surface area contributed by atoms with Gasteiger partial charge in [-0.1, -0.05) is 6.92 Å². The third-order valence-corrected chi connectivity index (χ3v) is 4.24. The first kappa shape index (κ1) is 14.2. The third kappa shape index (κ3) is 4.13. The van der Waals surface area contributed by atoms with E-state index in [0.29, 0.717) is 6.04 Å². The molecule has 106 valence electrons. The SMILES string of the molecule is CC1CCCN(CCCOc2ccc(N)cc2)C1C. The maximum atomic E-state index is 5.73. The predicted octanol–water partition coefficient (Wildman–Crippen LogP) is 3.16. The summed E-state index contributed by atoms with van der Waals surface area (Å²) in [6.07, 6.45) is 3.80. The summed E-state index contributed by atoms with van der Waals surface area (Å²) in [5.41, 5.74) is 6.43. The average molecular weight is 262 g/mol. The van der Waals surface area contributed by atoms with Crippen LogP contribution in [-0.4, -0.2) is 30.6 Å². The van der Waals surface area contributed by atoms with Crippen LogP contribution in [0, 0.1) is 5.92 Å². The van der Waals surface area contributed by atoms with Crippen molar-refractivity contribution in [2.45, 2.75) is 39.2 Å². The molecule has 0 bridgehead atoms. The van der Waals surface area contributed by atoms with Crippen molar-refractivity contribution in [2.24, 2.45) is 5.92 Å². The van der Waals surface area contributed by atoms with E-state index in [4.69, 9.17) is 10.5 Å². The van der Waals surface area contributed by atoms with Crippen molar-refractivity contribution in [3.8, 4) is 5.75 Å². The van der Waals surface area contributed by atoms with Gasteiger partial charge in [-0.2, -0.15) is 0 Å².